The van der Waals surface area contributed by atoms with Gasteiger partial charge in [-0.15, -0.1) is 6.42 Å². The maximum absolute atomic E-state index is 11.8. The van der Waals surface area contributed by atoms with Gasteiger partial charge in [-0.3, -0.25) is 0 Å². The Hall–Kier alpha value is -1.95. The average Bonchev–Trinajstić information content (AvgIpc) is 2.30. The van der Waals surface area contributed by atoms with Crippen molar-refractivity contribution in [2.45, 2.75) is 13.3 Å². The van der Waals surface area contributed by atoms with Gasteiger partial charge in [-0.2, -0.15) is 0 Å². The van der Waals surface area contributed by atoms with Crippen LogP contribution >= 0.6 is 0 Å². The minimum absolute atomic E-state index is 0.147. The second kappa shape index (κ2) is 6.52. The van der Waals surface area contributed by atoms with Gasteiger partial charge in [-0.05, 0) is 18.6 Å². The molecule has 3 nitrogen and oxygen atoms in total. The molecule has 0 saturated heterocycles. The van der Waals surface area contributed by atoms with Crippen LogP contribution in [0.4, 0.5) is 10.5 Å². The van der Waals surface area contributed by atoms with Crippen LogP contribution in [0.3, 0.4) is 0 Å². The molecule has 1 aromatic rings. The number of amides is 2. The lowest BCUT2D eigenvalue weighted by molar-refractivity contribution is 0.218. The quantitative estimate of drug-likeness (QED) is 0.771. The summed E-state index contributed by atoms with van der Waals surface area (Å²) in [7, 11) is 0. The van der Waals surface area contributed by atoms with Crippen LogP contribution in [-0.2, 0) is 0 Å². The maximum Gasteiger partial charge on any atom is 0.322 e. The molecule has 3 heteroatoms. The topological polar surface area (TPSA) is 32.3 Å². The van der Waals surface area contributed by atoms with Gasteiger partial charge >= 0.3 is 6.03 Å². The minimum Gasteiger partial charge on any atom is -0.313 e. The number of nitrogens with one attached hydrogen (secondary N) is 1. The van der Waals surface area contributed by atoms with E-state index in [9.17, 15) is 4.79 Å². The number of urea groups is 1. The van der Waals surface area contributed by atoms with Crippen molar-refractivity contribution >= 4 is 11.7 Å². The number of benzene rings is 1. The molecule has 0 atom stereocenters. The second-order valence-electron chi connectivity index (χ2n) is 3.42. The third-order valence-electron chi connectivity index (χ3n) is 2.09. The predicted octanol–water partition coefficient (Wildman–Crippen LogP) is 2.56. The predicted molar refractivity (Wildman–Crippen MR) is 66.2 cm³/mol. The highest BCUT2D eigenvalue weighted by Gasteiger charge is 2.10. The summed E-state index contributed by atoms with van der Waals surface area (Å²) >= 11 is 0. The van der Waals surface area contributed by atoms with E-state index in [1.54, 1.807) is 4.90 Å². The zero-order valence-corrected chi connectivity index (χ0v) is 9.44. The lowest BCUT2D eigenvalue weighted by atomic mass is 10.3. The molecule has 1 aromatic carbocycles. The van der Waals surface area contributed by atoms with Gasteiger partial charge in [0.05, 0.1) is 6.54 Å². The minimum atomic E-state index is -0.147. The van der Waals surface area contributed by atoms with Crippen molar-refractivity contribution in [3.63, 3.8) is 0 Å². The van der Waals surface area contributed by atoms with E-state index < -0.39 is 0 Å². The van der Waals surface area contributed by atoms with E-state index in [1.165, 1.54) is 0 Å². The van der Waals surface area contributed by atoms with Gasteiger partial charge in [0.25, 0.3) is 0 Å². The van der Waals surface area contributed by atoms with Crippen LogP contribution in [0.25, 0.3) is 0 Å². The molecule has 84 valence electrons. The molecule has 0 spiro atoms. The number of carbonyl (C=O) groups is 1. The Morgan fingerprint density at radius 3 is 2.69 bits per heavy atom. The van der Waals surface area contributed by atoms with E-state index in [0.717, 1.165) is 12.1 Å². The lowest BCUT2D eigenvalue weighted by Crippen LogP contribution is -2.35. The number of hydrogen-bond donors (Lipinski definition) is 1. The Kier molecular flexibility index (Phi) is 4.94. The van der Waals surface area contributed by atoms with Crippen LogP contribution < -0.4 is 5.32 Å². The van der Waals surface area contributed by atoms with Crippen LogP contribution in [0.5, 0.6) is 0 Å². The maximum atomic E-state index is 11.8. The fraction of sp³-hybridized carbons (Fsp3) is 0.308. The van der Waals surface area contributed by atoms with Crippen molar-refractivity contribution in [3.8, 4) is 12.3 Å². The summed E-state index contributed by atoms with van der Waals surface area (Å²) in [6.07, 6.45) is 6.11. The monoisotopic (exact) mass is 216 g/mol. The van der Waals surface area contributed by atoms with Gasteiger partial charge in [0, 0.05) is 12.2 Å². The van der Waals surface area contributed by atoms with Crippen molar-refractivity contribution in [3.05, 3.63) is 30.3 Å². The summed E-state index contributed by atoms with van der Waals surface area (Å²) in [4.78, 5) is 13.4. The SMILES string of the molecule is C#CCN(CCC)C(=O)Nc1ccccc1. The third-order valence-corrected chi connectivity index (χ3v) is 2.09. The number of terminal acetylenes is 1. The first-order chi connectivity index (χ1) is 7.77. The molecule has 0 fully saturated rings. The largest absolute Gasteiger partial charge is 0.322 e. The molecular weight excluding hydrogens is 200 g/mol. The molecule has 0 unspecified atom stereocenters. The van der Waals surface area contributed by atoms with Crippen LogP contribution in [0.15, 0.2) is 30.3 Å². The number of para-hydroxylation sites is 1. The first kappa shape index (κ1) is 12.1. The lowest BCUT2D eigenvalue weighted by Gasteiger charge is -2.19. The van der Waals surface area contributed by atoms with Crippen LogP contribution in [0, 0.1) is 12.3 Å². The van der Waals surface area contributed by atoms with Crippen molar-refractivity contribution < 1.29 is 4.79 Å². The highest BCUT2D eigenvalue weighted by atomic mass is 16.2. The molecule has 1 rings (SSSR count). The fourth-order valence-corrected chi connectivity index (χ4v) is 1.36. The van der Waals surface area contributed by atoms with Gasteiger partial charge in [0.1, 0.15) is 0 Å². The average molecular weight is 216 g/mol. The molecule has 0 heterocycles. The van der Waals surface area contributed by atoms with Crippen molar-refractivity contribution in [1.29, 1.82) is 0 Å². The standard InChI is InChI=1S/C13H16N2O/c1-3-10-15(11-4-2)13(16)14-12-8-6-5-7-9-12/h1,5-9H,4,10-11H2,2H3,(H,14,16). The van der Waals surface area contributed by atoms with Gasteiger partial charge < -0.3 is 10.2 Å². The van der Waals surface area contributed by atoms with E-state index >= 15 is 0 Å². The molecule has 0 aliphatic rings. The molecule has 0 aliphatic carbocycles. The van der Waals surface area contributed by atoms with Crippen molar-refractivity contribution in [1.82, 2.24) is 4.90 Å². The molecule has 0 saturated carbocycles. The summed E-state index contributed by atoms with van der Waals surface area (Å²) in [5.41, 5.74) is 0.783. The summed E-state index contributed by atoms with van der Waals surface area (Å²) in [5.74, 6) is 2.48. The third kappa shape index (κ3) is 3.66. The molecule has 0 aromatic heterocycles. The molecule has 0 radical (unpaired) electrons. The van der Waals surface area contributed by atoms with Gasteiger partial charge in [-0.1, -0.05) is 31.0 Å². The number of anilines is 1. The Balaban J connectivity index is 2.59. The molecule has 0 bridgehead atoms. The summed E-state index contributed by atoms with van der Waals surface area (Å²) in [5, 5.41) is 2.80. The summed E-state index contributed by atoms with van der Waals surface area (Å²) in [6, 6.07) is 9.20. The van der Waals surface area contributed by atoms with Crippen LogP contribution in [0.2, 0.25) is 0 Å². The Labute approximate surface area is 96.5 Å². The number of carbonyl (C=O) groups excluding carboxylic acids is 1. The fourth-order valence-electron chi connectivity index (χ4n) is 1.36. The molecule has 2 amide bonds. The highest BCUT2D eigenvalue weighted by molar-refractivity contribution is 5.89. The first-order valence-electron chi connectivity index (χ1n) is 5.32. The number of nitrogens with zero attached hydrogens (tertiary/aromatic N) is 1. The van der Waals surface area contributed by atoms with Gasteiger partial charge in [0.15, 0.2) is 0 Å². The summed E-state index contributed by atoms with van der Waals surface area (Å²) in [6.45, 7) is 3.02. The van der Waals surface area contributed by atoms with Crippen LogP contribution in [-0.4, -0.2) is 24.0 Å². The number of hydrogen-bond acceptors (Lipinski definition) is 1. The van der Waals surface area contributed by atoms with Crippen LogP contribution in [0.1, 0.15) is 13.3 Å². The Morgan fingerprint density at radius 2 is 2.12 bits per heavy atom. The zero-order chi connectivity index (χ0) is 11.8. The van der Waals surface area contributed by atoms with Gasteiger partial charge in [-0.25, -0.2) is 4.79 Å². The van der Waals surface area contributed by atoms with Crippen molar-refractivity contribution in [2.24, 2.45) is 0 Å². The van der Waals surface area contributed by atoms with E-state index in [2.05, 4.69) is 11.2 Å². The highest BCUT2D eigenvalue weighted by Crippen LogP contribution is 2.06. The molecule has 0 aliphatic heterocycles. The Morgan fingerprint density at radius 1 is 1.44 bits per heavy atom. The Bertz CT molecular complexity index is 367. The van der Waals surface area contributed by atoms with Crippen molar-refractivity contribution in [2.75, 3.05) is 18.4 Å². The summed E-state index contributed by atoms with van der Waals surface area (Å²) < 4.78 is 0. The zero-order valence-electron chi connectivity index (χ0n) is 9.44. The van der Waals surface area contributed by atoms with E-state index in [-0.39, 0.29) is 6.03 Å². The normalized spacial score (nSPS) is 9.25. The second-order valence-corrected chi connectivity index (χ2v) is 3.42. The van der Waals surface area contributed by atoms with E-state index in [1.807, 2.05) is 37.3 Å². The molecular formula is C13H16N2O. The van der Waals surface area contributed by atoms with Gasteiger partial charge in [0.2, 0.25) is 0 Å². The van der Waals surface area contributed by atoms with E-state index in [4.69, 9.17) is 6.42 Å². The first-order valence-corrected chi connectivity index (χ1v) is 5.32. The molecule has 1 N–H and O–H groups in total. The smallest absolute Gasteiger partial charge is 0.313 e. The number of rotatable bonds is 4. The molecule has 16 heavy (non-hydrogen) atoms. The van der Waals surface area contributed by atoms with E-state index in [0.29, 0.717) is 13.1 Å².